The van der Waals surface area contributed by atoms with Crippen molar-refractivity contribution in [2.45, 2.75) is 20.5 Å². The van der Waals surface area contributed by atoms with Crippen LogP contribution in [0.25, 0.3) is 0 Å². The van der Waals surface area contributed by atoms with Crippen molar-refractivity contribution < 1.29 is 14.3 Å². The van der Waals surface area contributed by atoms with Gasteiger partial charge < -0.3 is 15.2 Å². The number of urea groups is 1. The number of benzene rings is 2. The molecule has 0 atom stereocenters. The molecule has 0 heterocycles. The molecule has 0 bridgehead atoms. The van der Waals surface area contributed by atoms with Crippen molar-refractivity contribution >= 4 is 12.2 Å². The van der Waals surface area contributed by atoms with E-state index in [1.165, 1.54) is 11.8 Å². The lowest BCUT2D eigenvalue weighted by Crippen LogP contribution is -2.24. The zero-order chi connectivity index (χ0) is 17.4. The van der Waals surface area contributed by atoms with E-state index in [0.717, 1.165) is 11.1 Å². The van der Waals surface area contributed by atoms with Crippen LogP contribution in [-0.4, -0.2) is 18.9 Å². The van der Waals surface area contributed by atoms with Gasteiger partial charge in [-0.3, -0.25) is 0 Å². The molecule has 6 heteroatoms. The van der Waals surface area contributed by atoms with Gasteiger partial charge in [0, 0.05) is 0 Å². The number of nitrogens with two attached hydrogens (primary N) is 1. The number of nitrogens with one attached hydrogen (secondary N) is 1. The van der Waals surface area contributed by atoms with Gasteiger partial charge in [0.2, 0.25) is 0 Å². The minimum Gasteiger partial charge on any atom is -0.490 e. The van der Waals surface area contributed by atoms with Gasteiger partial charge in [-0.25, -0.2) is 10.2 Å². The van der Waals surface area contributed by atoms with Crippen LogP contribution >= 0.6 is 0 Å². The van der Waals surface area contributed by atoms with Crippen LogP contribution in [0.1, 0.15) is 23.6 Å². The molecule has 0 saturated heterocycles. The lowest BCUT2D eigenvalue weighted by atomic mass is 10.2. The Morgan fingerprint density at radius 2 is 1.92 bits per heavy atom. The highest BCUT2D eigenvalue weighted by atomic mass is 16.5. The second-order valence-corrected chi connectivity index (χ2v) is 5.15. The van der Waals surface area contributed by atoms with Crippen LogP contribution in [0.5, 0.6) is 11.5 Å². The first-order valence-corrected chi connectivity index (χ1v) is 7.62. The van der Waals surface area contributed by atoms with Gasteiger partial charge in [-0.1, -0.05) is 29.8 Å². The monoisotopic (exact) mass is 327 g/mol. The van der Waals surface area contributed by atoms with E-state index in [1.54, 1.807) is 6.07 Å². The van der Waals surface area contributed by atoms with E-state index in [0.29, 0.717) is 24.7 Å². The van der Waals surface area contributed by atoms with Crippen molar-refractivity contribution in [3.8, 4) is 11.5 Å². The lowest BCUT2D eigenvalue weighted by molar-refractivity contribution is 0.249. The molecule has 24 heavy (non-hydrogen) atoms. The molecular formula is C18H21N3O3. The molecule has 2 aromatic carbocycles. The first-order chi connectivity index (χ1) is 11.6. The molecule has 0 spiro atoms. The van der Waals surface area contributed by atoms with Crippen LogP contribution in [0.3, 0.4) is 0 Å². The standard InChI is InChI=1S/C18H21N3O3/c1-3-23-17-10-15(11-20-21-18(19)22)8-9-16(17)24-12-14-6-4-13(2)5-7-14/h4-11H,3,12H2,1-2H3,(H3,19,21,22). The predicted octanol–water partition coefficient (Wildman–Crippen LogP) is 2.97. The highest BCUT2D eigenvalue weighted by Crippen LogP contribution is 2.28. The number of hydrogen-bond donors (Lipinski definition) is 2. The molecule has 6 nitrogen and oxygen atoms in total. The van der Waals surface area contributed by atoms with Crippen LogP contribution in [0.15, 0.2) is 47.6 Å². The number of carbonyl (C=O) groups is 1. The zero-order valence-corrected chi connectivity index (χ0v) is 13.8. The molecule has 3 N–H and O–H groups in total. The maximum absolute atomic E-state index is 10.6. The van der Waals surface area contributed by atoms with Crippen LogP contribution < -0.4 is 20.6 Å². The van der Waals surface area contributed by atoms with E-state index >= 15 is 0 Å². The van der Waals surface area contributed by atoms with Crippen molar-refractivity contribution in [1.29, 1.82) is 0 Å². The van der Waals surface area contributed by atoms with Gasteiger partial charge in [-0.15, -0.1) is 0 Å². The van der Waals surface area contributed by atoms with E-state index < -0.39 is 6.03 Å². The third-order valence-corrected chi connectivity index (χ3v) is 3.17. The van der Waals surface area contributed by atoms with Crippen molar-refractivity contribution in [3.63, 3.8) is 0 Å². The van der Waals surface area contributed by atoms with Gasteiger partial charge in [0.1, 0.15) is 6.61 Å². The molecular weight excluding hydrogens is 306 g/mol. The largest absolute Gasteiger partial charge is 0.490 e. The molecule has 2 rings (SSSR count). The fourth-order valence-electron chi connectivity index (χ4n) is 2.01. The quantitative estimate of drug-likeness (QED) is 0.605. The van der Waals surface area contributed by atoms with Crippen LogP contribution in [0.4, 0.5) is 4.79 Å². The second-order valence-electron chi connectivity index (χ2n) is 5.15. The molecule has 0 aliphatic heterocycles. The van der Waals surface area contributed by atoms with Gasteiger partial charge in [0.15, 0.2) is 11.5 Å². The first-order valence-electron chi connectivity index (χ1n) is 7.62. The average molecular weight is 327 g/mol. The molecule has 2 amide bonds. The Morgan fingerprint density at radius 3 is 2.58 bits per heavy atom. The predicted molar refractivity (Wildman–Crippen MR) is 93.4 cm³/mol. The minimum absolute atomic E-state index is 0.455. The van der Waals surface area contributed by atoms with E-state index in [4.69, 9.17) is 15.2 Å². The molecule has 0 unspecified atom stereocenters. The third kappa shape index (κ3) is 5.31. The Kier molecular flexibility index (Phi) is 6.19. The SMILES string of the molecule is CCOc1cc(C=NNC(N)=O)ccc1OCc1ccc(C)cc1. The number of primary amides is 1. The van der Waals surface area contributed by atoms with Crippen molar-refractivity contribution in [2.24, 2.45) is 10.8 Å². The molecule has 0 radical (unpaired) electrons. The highest BCUT2D eigenvalue weighted by molar-refractivity contribution is 5.82. The zero-order valence-electron chi connectivity index (χ0n) is 13.8. The number of aryl methyl sites for hydroxylation is 1. The maximum Gasteiger partial charge on any atom is 0.332 e. The first kappa shape index (κ1) is 17.3. The summed E-state index contributed by atoms with van der Waals surface area (Å²) in [7, 11) is 0. The Balaban J connectivity index is 2.09. The molecule has 2 aromatic rings. The summed E-state index contributed by atoms with van der Waals surface area (Å²) in [5.74, 6) is 1.27. The summed E-state index contributed by atoms with van der Waals surface area (Å²) in [5.41, 5.74) is 10.2. The Morgan fingerprint density at radius 1 is 1.17 bits per heavy atom. The fraction of sp³-hybridized carbons (Fsp3) is 0.222. The van der Waals surface area contributed by atoms with E-state index in [-0.39, 0.29) is 0 Å². The summed E-state index contributed by atoms with van der Waals surface area (Å²) in [6.45, 7) is 4.92. The highest BCUT2D eigenvalue weighted by Gasteiger charge is 2.06. The van der Waals surface area contributed by atoms with Crippen LogP contribution in [-0.2, 0) is 6.61 Å². The summed E-state index contributed by atoms with van der Waals surface area (Å²) in [5, 5.41) is 3.73. The van der Waals surface area contributed by atoms with Crippen molar-refractivity contribution in [2.75, 3.05) is 6.61 Å². The van der Waals surface area contributed by atoms with Crippen LogP contribution in [0, 0.1) is 6.92 Å². The summed E-state index contributed by atoms with van der Waals surface area (Å²) < 4.78 is 11.5. The topological polar surface area (TPSA) is 85.9 Å². The van der Waals surface area contributed by atoms with E-state index in [1.807, 2.05) is 50.2 Å². The molecule has 0 aliphatic carbocycles. The van der Waals surface area contributed by atoms with Gasteiger partial charge in [-0.2, -0.15) is 5.10 Å². The minimum atomic E-state index is -0.714. The average Bonchev–Trinajstić information content (AvgIpc) is 2.55. The van der Waals surface area contributed by atoms with Gasteiger partial charge in [0.05, 0.1) is 12.8 Å². The van der Waals surface area contributed by atoms with Crippen molar-refractivity contribution in [3.05, 3.63) is 59.2 Å². The summed E-state index contributed by atoms with van der Waals surface area (Å²) in [4.78, 5) is 10.6. The molecule has 126 valence electrons. The maximum atomic E-state index is 10.6. The Labute approximate surface area is 141 Å². The lowest BCUT2D eigenvalue weighted by Gasteiger charge is -2.12. The second kappa shape index (κ2) is 8.57. The summed E-state index contributed by atoms with van der Waals surface area (Å²) in [6.07, 6.45) is 1.48. The summed E-state index contributed by atoms with van der Waals surface area (Å²) >= 11 is 0. The van der Waals surface area contributed by atoms with Gasteiger partial charge in [-0.05, 0) is 43.2 Å². The smallest absolute Gasteiger partial charge is 0.332 e. The Bertz CT molecular complexity index is 712. The fourth-order valence-corrected chi connectivity index (χ4v) is 2.01. The number of amides is 2. The number of nitrogens with zero attached hydrogens (tertiary/aromatic N) is 1. The number of rotatable bonds is 7. The Hall–Kier alpha value is -3.02. The number of hydrazone groups is 1. The molecule has 0 fully saturated rings. The van der Waals surface area contributed by atoms with Gasteiger partial charge in [0.25, 0.3) is 0 Å². The van der Waals surface area contributed by atoms with Crippen molar-refractivity contribution in [1.82, 2.24) is 5.43 Å². The van der Waals surface area contributed by atoms with E-state index in [2.05, 4.69) is 10.5 Å². The van der Waals surface area contributed by atoms with Gasteiger partial charge >= 0.3 is 6.03 Å². The molecule has 0 aromatic heterocycles. The summed E-state index contributed by atoms with van der Waals surface area (Å²) in [6, 6.07) is 12.9. The van der Waals surface area contributed by atoms with Crippen LogP contribution in [0.2, 0.25) is 0 Å². The third-order valence-electron chi connectivity index (χ3n) is 3.17. The number of ether oxygens (including phenoxy) is 2. The number of carbonyl (C=O) groups excluding carboxylic acids is 1. The molecule has 0 saturated carbocycles. The van der Waals surface area contributed by atoms with E-state index in [9.17, 15) is 4.79 Å². The normalized spacial score (nSPS) is 10.6. The number of hydrogen-bond acceptors (Lipinski definition) is 4. The molecule has 0 aliphatic rings.